The normalized spacial score (nSPS) is 10.8. The Labute approximate surface area is 176 Å². The predicted octanol–water partition coefficient (Wildman–Crippen LogP) is 4.40. The Balaban J connectivity index is 1.51. The number of thioether (sulfide) groups is 1. The smallest absolute Gasteiger partial charge is 0.230 e. The minimum absolute atomic E-state index is 0.0758. The summed E-state index contributed by atoms with van der Waals surface area (Å²) < 4.78 is 1.72. The number of thiazole rings is 1. The van der Waals surface area contributed by atoms with E-state index in [1.54, 1.807) is 16.5 Å². The molecule has 0 bridgehead atoms. The summed E-state index contributed by atoms with van der Waals surface area (Å²) in [7, 11) is 0. The third-order valence-electron chi connectivity index (χ3n) is 4.10. The van der Waals surface area contributed by atoms with E-state index in [1.807, 2.05) is 66.9 Å². The van der Waals surface area contributed by atoms with Crippen LogP contribution in [0.3, 0.4) is 0 Å². The number of hydrogen-bond acceptors (Lipinski definition) is 7. The summed E-state index contributed by atoms with van der Waals surface area (Å²) in [5.74, 6) is 0.525. The summed E-state index contributed by atoms with van der Waals surface area (Å²) in [4.78, 5) is 18.5. The number of rotatable bonds is 6. The van der Waals surface area contributed by atoms with Gasteiger partial charge in [-0.1, -0.05) is 42.1 Å². The van der Waals surface area contributed by atoms with Gasteiger partial charge in [0.15, 0.2) is 5.13 Å². The molecule has 0 fully saturated rings. The first-order valence-corrected chi connectivity index (χ1v) is 10.8. The lowest BCUT2D eigenvalue weighted by Crippen LogP contribution is -2.22. The molecule has 0 spiro atoms. The molecule has 0 radical (unpaired) electrons. The highest BCUT2D eigenvalue weighted by Gasteiger charge is 2.18. The van der Waals surface area contributed by atoms with E-state index >= 15 is 0 Å². The van der Waals surface area contributed by atoms with Gasteiger partial charge in [-0.2, -0.15) is 4.68 Å². The van der Waals surface area contributed by atoms with Crippen LogP contribution in [0.5, 0.6) is 0 Å². The van der Waals surface area contributed by atoms with E-state index in [2.05, 4.69) is 20.5 Å². The zero-order valence-corrected chi connectivity index (χ0v) is 17.5. The molecule has 0 aliphatic heterocycles. The zero-order chi connectivity index (χ0) is 20.2. The van der Waals surface area contributed by atoms with Crippen LogP contribution in [-0.4, -0.2) is 31.1 Å². The summed E-state index contributed by atoms with van der Waals surface area (Å²) in [6, 6.07) is 17.5. The van der Waals surface area contributed by atoms with Gasteiger partial charge in [-0.15, -0.1) is 16.4 Å². The van der Waals surface area contributed by atoms with Crippen molar-refractivity contribution >= 4 is 39.8 Å². The maximum absolute atomic E-state index is 12.2. The van der Waals surface area contributed by atoms with Crippen molar-refractivity contribution in [1.29, 1.82) is 0 Å². The molecule has 2 aromatic carbocycles. The highest BCUT2D eigenvalue weighted by Crippen LogP contribution is 2.31. The van der Waals surface area contributed by atoms with E-state index in [0.717, 1.165) is 22.6 Å². The van der Waals surface area contributed by atoms with Crippen LogP contribution in [0.2, 0.25) is 0 Å². The summed E-state index contributed by atoms with van der Waals surface area (Å²) in [5, 5.41) is 15.3. The molecule has 146 valence electrons. The average Bonchev–Trinajstić information content (AvgIpc) is 3.36. The van der Waals surface area contributed by atoms with Crippen molar-refractivity contribution in [3.05, 3.63) is 71.2 Å². The lowest BCUT2D eigenvalue weighted by Gasteiger charge is -2.17. The summed E-state index contributed by atoms with van der Waals surface area (Å²) in [6.07, 6.45) is 0. The SMILES string of the molecule is CC(=O)N(c1ccccc1)c1nc(CSc2nnnn2-c2cccc(C)c2)cs1. The van der Waals surface area contributed by atoms with Gasteiger partial charge in [0.1, 0.15) is 0 Å². The largest absolute Gasteiger partial charge is 0.274 e. The molecule has 7 nitrogen and oxygen atoms in total. The molecule has 0 atom stereocenters. The number of tetrazole rings is 1. The monoisotopic (exact) mass is 422 g/mol. The Bertz CT molecular complexity index is 1120. The maximum Gasteiger partial charge on any atom is 0.230 e. The molecule has 1 amide bonds. The number of aromatic nitrogens is 5. The summed E-state index contributed by atoms with van der Waals surface area (Å²) in [6.45, 7) is 3.57. The molecular weight excluding hydrogens is 404 g/mol. The Kier molecular flexibility index (Phi) is 5.68. The van der Waals surface area contributed by atoms with E-state index < -0.39 is 0 Å². The van der Waals surface area contributed by atoms with Crippen LogP contribution in [0.15, 0.2) is 65.1 Å². The van der Waals surface area contributed by atoms with Crippen LogP contribution in [0, 0.1) is 6.92 Å². The van der Waals surface area contributed by atoms with Gasteiger partial charge in [-0.3, -0.25) is 9.69 Å². The van der Waals surface area contributed by atoms with E-state index in [-0.39, 0.29) is 5.91 Å². The minimum Gasteiger partial charge on any atom is -0.274 e. The summed E-state index contributed by atoms with van der Waals surface area (Å²) >= 11 is 2.95. The number of amides is 1. The number of carbonyl (C=O) groups excluding carboxylic acids is 1. The number of carbonyl (C=O) groups is 1. The molecule has 0 unspecified atom stereocenters. The van der Waals surface area contributed by atoms with Crippen molar-refractivity contribution in [1.82, 2.24) is 25.2 Å². The predicted molar refractivity (Wildman–Crippen MR) is 115 cm³/mol. The zero-order valence-electron chi connectivity index (χ0n) is 15.9. The first kappa shape index (κ1) is 19.3. The summed E-state index contributed by atoms with van der Waals surface area (Å²) in [5.41, 5.74) is 3.74. The van der Waals surface area contributed by atoms with E-state index in [0.29, 0.717) is 16.0 Å². The Morgan fingerprint density at radius 2 is 2.00 bits per heavy atom. The lowest BCUT2D eigenvalue weighted by atomic mass is 10.2. The molecule has 2 aromatic heterocycles. The number of anilines is 2. The molecular formula is C20H18N6OS2. The number of benzene rings is 2. The molecule has 9 heteroatoms. The van der Waals surface area contributed by atoms with Crippen molar-refractivity contribution in [2.24, 2.45) is 0 Å². The van der Waals surface area contributed by atoms with Gasteiger partial charge in [-0.05, 0) is 47.2 Å². The third kappa shape index (κ3) is 4.36. The second-order valence-corrected chi connectivity index (χ2v) is 8.09. The number of nitrogens with zero attached hydrogens (tertiary/aromatic N) is 6. The van der Waals surface area contributed by atoms with E-state index in [4.69, 9.17) is 0 Å². The highest BCUT2D eigenvalue weighted by molar-refractivity contribution is 7.98. The van der Waals surface area contributed by atoms with Gasteiger partial charge < -0.3 is 0 Å². The molecule has 0 saturated carbocycles. The standard InChI is InChI=1S/C20H18N6OS2/c1-14-7-6-10-18(11-14)26-20(22-23-24-26)29-13-16-12-28-19(21-16)25(15(2)27)17-8-4-3-5-9-17/h3-12H,13H2,1-2H3. The van der Waals surface area contributed by atoms with Gasteiger partial charge in [0.2, 0.25) is 11.1 Å². The van der Waals surface area contributed by atoms with Crippen molar-refractivity contribution < 1.29 is 4.79 Å². The second-order valence-electron chi connectivity index (χ2n) is 6.31. The highest BCUT2D eigenvalue weighted by atomic mass is 32.2. The molecule has 29 heavy (non-hydrogen) atoms. The molecule has 4 aromatic rings. The third-order valence-corrected chi connectivity index (χ3v) is 5.92. The van der Waals surface area contributed by atoms with Gasteiger partial charge in [-0.25, -0.2) is 4.98 Å². The molecule has 4 rings (SSSR count). The number of hydrogen-bond donors (Lipinski definition) is 0. The van der Waals surface area contributed by atoms with E-state index in [1.165, 1.54) is 23.1 Å². The Morgan fingerprint density at radius 3 is 2.76 bits per heavy atom. The topological polar surface area (TPSA) is 76.8 Å². The average molecular weight is 423 g/mol. The molecule has 2 heterocycles. The van der Waals surface area contributed by atoms with Crippen LogP contribution in [0.4, 0.5) is 10.8 Å². The van der Waals surface area contributed by atoms with Crippen molar-refractivity contribution in [2.75, 3.05) is 4.90 Å². The van der Waals surface area contributed by atoms with Crippen molar-refractivity contribution in [3.63, 3.8) is 0 Å². The fraction of sp³-hybridized carbons (Fsp3) is 0.150. The van der Waals surface area contributed by atoms with Crippen LogP contribution in [0.25, 0.3) is 5.69 Å². The molecule has 0 aliphatic rings. The van der Waals surface area contributed by atoms with Crippen LogP contribution < -0.4 is 4.90 Å². The van der Waals surface area contributed by atoms with E-state index in [9.17, 15) is 4.79 Å². The van der Waals surface area contributed by atoms with Gasteiger partial charge in [0.05, 0.1) is 17.1 Å². The molecule has 0 N–H and O–H groups in total. The first-order valence-electron chi connectivity index (χ1n) is 8.90. The Morgan fingerprint density at radius 1 is 1.17 bits per heavy atom. The second kappa shape index (κ2) is 8.54. The van der Waals surface area contributed by atoms with Gasteiger partial charge in [0.25, 0.3) is 0 Å². The van der Waals surface area contributed by atoms with Crippen LogP contribution in [0.1, 0.15) is 18.2 Å². The Hall–Kier alpha value is -3.04. The quantitative estimate of drug-likeness (QED) is 0.429. The van der Waals surface area contributed by atoms with Crippen molar-refractivity contribution in [2.45, 2.75) is 24.8 Å². The van der Waals surface area contributed by atoms with Crippen LogP contribution >= 0.6 is 23.1 Å². The first-order chi connectivity index (χ1) is 14.1. The minimum atomic E-state index is -0.0758. The van der Waals surface area contributed by atoms with Crippen molar-refractivity contribution in [3.8, 4) is 5.69 Å². The number of para-hydroxylation sites is 1. The lowest BCUT2D eigenvalue weighted by molar-refractivity contribution is -0.115. The fourth-order valence-electron chi connectivity index (χ4n) is 2.80. The van der Waals surface area contributed by atoms with Gasteiger partial charge >= 0.3 is 0 Å². The van der Waals surface area contributed by atoms with Gasteiger partial charge in [0, 0.05) is 18.1 Å². The maximum atomic E-state index is 12.2. The molecule has 0 aliphatic carbocycles. The fourth-order valence-corrected chi connectivity index (χ4v) is 4.57. The molecule has 0 saturated heterocycles. The number of aryl methyl sites for hydroxylation is 1. The van der Waals surface area contributed by atoms with Crippen LogP contribution in [-0.2, 0) is 10.5 Å².